The van der Waals surface area contributed by atoms with Crippen molar-refractivity contribution in [2.75, 3.05) is 52.4 Å². The Morgan fingerprint density at radius 3 is 2.15 bits per heavy atom. The van der Waals surface area contributed by atoms with Gasteiger partial charge in [-0.1, -0.05) is 0 Å². The van der Waals surface area contributed by atoms with Gasteiger partial charge in [-0.3, -0.25) is 9.69 Å². The molecule has 2 aliphatic rings. The molecular weight excluding hydrogens is 254 g/mol. The number of rotatable bonds is 5. The van der Waals surface area contributed by atoms with Crippen molar-refractivity contribution in [3.63, 3.8) is 0 Å². The zero-order valence-electron chi connectivity index (χ0n) is 13.0. The van der Waals surface area contributed by atoms with Gasteiger partial charge in [0.15, 0.2) is 0 Å². The molecule has 0 aromatic heterocycles. The Balaban J connectivity index is 1.66. The van der Waals surface area contributed by atoms with Crippen LogP contribution in [0.5, 0.6) is 0 Å². The first kappa shape index (κ1) is 15.7. The first-order chi connectivity index (χ1) is 9.44. The highest BCUT2D eigenvalue weighted by Crippen LogP contribution is 2.11. The van der Waals surface area contributed by atoms with Crippen LogP contribution in [0.15, 0.2) is 0 Å². The summed E-state index contributed by atoms with van der Waals surface area (Å²) in [5.74, 6) is 0.291. The van der Waals surface area contributed by atoms with E-state index >= 15 is 0 Å². The van der Waals surface area contributed by atoms with Crippen LogP contribution in [0, 0.1) is 0 Å². The third-order valence-electron chi connectivity index (χ3n) is 4.18. The highest BCUT2D eigenvalue weighted by atomic mass is 16.3. The maximum absolute atomic E-state index is 12.2. The van der Waals surface area contributed by atoms with E-state index in [1.165, 1.54) is 12.8 Å². The van der Waals surface area contributed by atoms with Crippen molar-refractivity contribution in [3.05, 3.63) is 0 Å². The molecule has 1 amide bonds. The Morgan fingerprint density at radius 2 is 1.60 bits per heavy atom. The minimum absolute atomic E-state index is 0.291. The Labute approximate surface area is 122 Å². The van der Waals surface area contributed by atoms with Gasteiger partial charge in [-0.05, 0) is 39.8 Å². The van der Waals surface area contributed by atoms with E-state index in [1.54, 1.807) is 0 Å². The summed E-state index contributed by atoms with van der Waals surface area (Å²) in [6.45, 7) is 10.9. The smallest absolute Gasteiger partial charge is 0.223 e. The lowest BCUT2D eigenvalue weighted by atomic mass is 10.1. The topological polar surface area (TPSA) is 47.0 Å². The van der Waals surface area contributed by atoms with E-state index < -0.39 is 5.60 Å². The fourth-order valence-electron chi connectivity index (χ4n) is 3.12. The minimum atomic E-state index is -0.651. The number of likely N-dealkylation sites (tertiary alicyclic amines) is 1. The molecule has 2 aliphatic heterocycles. The Morgan fingerprint density at radius 1 is 1.00 bits per heavy atom. The monoisotopic (exact) mass is 283 g/mol. The number of piperazine rings is 1. The first-order valence-corrected chi connectivity index (χ1v) is 7.89. The molecule has 0 saturated carbocycles. The van der Waals surface area contributed by atoms with Gasteiger partial charge in [-0.25, -0.2) is 0 Å². The minimum Gasteiger partial charge on any atom is -0.389 e. The molecule has 116 valence electrons. The molecule has 0 spiro atoms. The lowest BCUT2D eigenvalue weighted by Crippen LogP contribution is -2.52. The van der Waals surface area contributed by atoms with Crippen molar-refractivity contribution >= 4 is 5.91 Å². The molecule has 5 nitrogen and oxygen atoms in total. The molecule has 0 atom stereocenters. The van der Waals surface area contributed by atoms with Gasteiger partial charge in [0.05, 0.1) is 5.60 Å². The summed E-state index contributed by atoms with van der Waals surface area (Å²) < 4.78 is 0. The number of amides is 1. The Kier molecular flexibility index (Phi) is 5.41. The summed E-state index contributed by atoms with van der Waals surface area (Å²) in [5, 5.41) is 9.82. The van der Waals surface area contributed by atoms with Crippen molar-refractivity contribution in [1.29, 1.82) is 0 Å². The van der Waals surface area contributed by atoms with Gasteiger partial charge in [0.2, 0.25) is 5.91 Å². The normalized spacial score (nSPS) is 22.4. The zero-order chi connectivity index (χ0) is 14.6. The van der Waals surface area contributed by atoms with E-state index in [2.05, 4.69) is 9.80 Å². The highest BCUT2D eigenvalue weighted by Gasteiger charge is 2.25. The molecule has 2 fully saturated rings. The zero-order valence-corrected chi connectivity index (χ0v) is 13.0. The summed E-state index contributed by atoms with van der Waals surface area (Å²) in [4.78, 5) is 18.8. The molecule has 2 saturated heterocycles. The number of nitrogens with zero attached hydrogens (tertiary/aromatic N) is 3. The van der Waals surface area contributed by atoms with Crippen molar-refractivity contribution in [3.8, 4) is 0 Å². The summed E-state index contributed by atoms with van der Waals surface area (Å²) in [6, 6.07) is 0. The second-order valence-electron chi connectivity index (χ2n) is 6.77. The largest absolute Gasteiger partial charge is 0.389 e. The molecule has 0 bridgehead atoms. The molecule has 2 rings (SSSR count). The van der Waals surface area contributed by atoms with Crippen LogP contribution in [0.1, 0.15) is 33.1 Å². The maximum atomic E-state index is 12.2. The number of hydrogen-bond donors (Lipinski definition) is 1. The lowest BCUT2D eigenvalue weighted by molar-refractivity contribution is -0.133. The summed E-state index contributed by atoms with van der Waals surface area (Å²) in [7, 11) is 0. The van der Waals surface area contributed by atoms with E-state index in [1.807, 2.05) is 18.7 Å². The van der Waals surface area contributed by atoms with Crippen molar-refractivity contribution in [2.45, 2.75) is 38.7 Å². The Bertz CT molecular complexity index is 314. The van der Waals surface area contributed by atoms with Crippen LogP contribution in [0.25, 0.3) is 0 Å². The van der Waals surface area contributed by atoms with Crippen molar-refractivity contribution in [2.24, 2.45) is 0 Å². The number of hydrogen-bond acceptors (Lipinski definition) is 4. The molecule has 1 N–H and O–H groups in total. The molecule has 0 aromatic carbocycles. The molecule has 0 radical (unpaired) electrons. The predicted molar refractivity (Wildman–Crippen MR) is 79.6 cm³/mol. The van der Waals surface area contributed by atoms with Crippen LogP contribution in [-0.2, 0) is 4.79 Å². The van der Waals surface area contributed by atoms with Crippen LogP contribution >= 0.6 is 0 Å². The van der Waals surface area contributed by atoms with E-state index in [4.69, 9.17) is 0 Å². The highest BCUT2D eigenvalue weighted by molar-refractivity contribution is 5.76. The number of aliphatic hydroxyl groups is 1. The van der Waals surface area contributed by atoms with Crippen LogP contribution in [0.3, 0.4) is 0 Å². The average Bonchev–Trinajstić information content (AvgIpc) is 2.88. The van der Waals surface area contributed by atoms with Gasteiger partial charge < -0.3 is 14.9 Å². The standard InChI is InChI=1S/C15H29N3O2/c1-15(2,20)13-17-9-11-18(12-10-17)14(19)5-8-16-6-3-4-7-16/h20H,3-13H2,1-2H3. The number of β-amino-alcohol motifs (C(OH)–C–C–N with tert-alkyl or cyclic N) is 1. The number of carbonyl (C=O) groups is 1. The van der Waals surface area contributed by atoms with Gasteiger partial charge >= 0.3 is 0 Å². The number of carbonyl (C=O) groups excluding carboxylic acids is 1. The van der Waals surface area contributed by atoms with Gasteiger partial charge in [-0.2, -0.15) is 0 Å². The second-order valence-corrected chi connectivity index (χ2v) is 6.77. The first-order valence-electron chi connectivity index (χ1n) is 7.89. The van der Waals surface area contributed by atoms with E-state index in [0.29, 0.717) is 18.9 Å². The summed E-state index contributed by atoms with van der Waals surface area (Å²) >= 11 is 0. The third-order valence-corrected chi connectivity index (χ3v) is 4.18. The van der Waals surface area contributed by atoms with Crippen LogP contribution in [0.2, 0.25) is 0 Å². The van der Waals surface area contributed by atoms with E-state index in [-0.39, 0.29) is 0 Å². The van der Waals surface area contributed by atoms with Gasteiger partial charge in [0.25, 0.3) is 0 Å². The van der Waals surface area contributed by atoms with Crippen molar-refractivity contribution in [1.82, 2.24) is 14.7 Å². The quantitative estimate of drug-likeness (QED) is 0.793. The van der Waals surface area contributed by atoms with E-state index in [0.717, 1.165) is 45.8 Å². The third kappa shape index (κ3) is 5.04. The fourth-order valence-corrected chi connectivity index (χ4v) is 3.12. The fraction of sp³-hybridized carbons (Fsp3) is 0.933. The van der Waals surface area contributed by atoms with Crippen LogP contribution in [0.4, 0.5) is 0 Å². The van der Waals surface area contributed by atoms with Crippen LogP contribution in [-0.4, -0.2) is 83.7 Å². The van der Waals surface area contributed by atoms with Gasteiger partial charge in [-0.15, -0.1) is 0 Å². The summed E-state index contributed by atoms with van der Waals surface area (Å²) in [6.07, 6.45) is 3.22. The molecule has 20 heavy (non-hydrogen) atoms. The molecule has 0 aromatic rings. The average molecular weight is 283 g/mol. The Hall–Kier alpha value is -0.650. The SMILES string of the molecule is CC(C)(O)CN1CCN(C(=O)CCN2CCCC2)CC1. The molecule has 5 heteroatoms. The van der Waals surface area contributed by atoms with Crippen LogP contribution < -0.4 is 0 Å². The molecule has 0 unspecified atom stereocenters. The van der Waals surface area contributed by atoms with Gasteiger partial charge in [0.1, 0.15) is 0 Å². The summed E-state index contributed by atoms with van der Waals surface area (Å²) in [5.41, 5.74) is -0.651. The predicted octanol–water partition coefficient (Wildman–Crippen LogP) is 0.387. The molecular formula is C15H29N3O2. The van der Waals surface area contributed by atoms with Crippen molar-refractivity contribution < 1.29 is 9.90 Å². The van der Waals surface area contributed by atoms with Gasteiger partial charge in [0, 0.05) is 45.7 Å². The maximum Gasteiger partial charge on any atom is 0.223 e. The molecule has 0 aliphatic carbocycles. The molecule has 2 heterocycles. The lowest BCUT2D eigenvalue weighted by Gasteiger charge is -2.37. The second kappa shape index (κ2) is 6.87. The van der Waals surface area contributed by atoms with E-state index in [9.17, 15) is 9.90 Å².